The fraction of sp³-hybridized carbons (Fsp3) is 0.364. The molecule has 0 aliphatic heterocycles. The molecule has 0 N–H and O–H groups in total. The third kappa shape index (κ3) is 3.80. The summed E-state index contributed by atoms with van der Waals surface area (Å²) in [7, 11) is 0. The number of carbonyl (C=O) groups excluding carboxylic acids is 1. The van der Waals surface area contributed by atoms with Crippen LogP contribution in [-0.2, 0) is 11.2 Å². The zero-order chi connectivity index (χ0) is 11.3. The second-order valence-electron chi connectivity index (χ2n) is 3.21. The van der Waals surface area contributed by atoms with Crippen molar-refractivity contribution in [1.82, 2.24) is 0 Å². The SMILES string of the molecule is O=C(CCCCl)Cc1c(F)cccc1Cl. The highest BCUT2D eigenvalue weighted by Crippen LogP contribution is 2.20. The Hall–Kier alpha value is -0.600. The Balaban J connectivity index is 2.68. The van der Waals surface area contributed by atoms with E-state index in [1.165, 1.54) is 12.1 Å². The lowest BCUT2D eigenvalue weighted by molar-refractivity contribution is -0.118. The summed E-state index contributed by atoms with van der Waals surface area (Å²) in [5, 5.41) is 0.300. The molecule has 0 saturated heterocycles. The first kappa shape index (κ1) is 12.5. The van der Waals surface area contributed by atoms with Crippen LogP contribution in [0.25, 0.3) is 0 Å². The Morgan fingerprint density at radius 3 is 2.73 bits per heavy atom. The molecule has 0 heterocycles. The predicted molar refractivity (Wildman–Crippen MR) is 60.1 cm³/mol. The first-order valence-corrected chi connectivity index (χ1v) is 5.57. The molecule has 82 valence electrons. The van der Waals surface area contributed by atoms with E-state index in [9.17, 15) is 9.18 Å². The molecule has 0 aromatic heterocycles. The van der Waals surface area contributed by atoms with Gasteiger partial charge in [0.25, 0.3) is 0 Å². The maximum absolute atomic E-state index is 13.3. The van der Waals surface area contributed by atoms with Crippen LogP contribution in [0.2, 0.25) is 5.02 Å². The third-order valence-electron chi connectivity index (χ3n) is 2.02. The Morgan fingerprint density at radius 1 is 1.40 bits per heavy atom. The highest BCUT2D eigenvalue weighted by atomic mass is 35.5. The number of carbonyl (C=O) groups is 1. The molecule has 1 aromatic carbocycles. The summed E-state index contributed by atoms with van der Waals surface area (Å²) in [6.45, 7) is 0. The van der Waals surface area contributed by atoms with Gasteiger partial charge in [-0.05, 0) is 18.6 Å². The van der Waals surface area contributed by atoms with Crippen molar-refractivity contribution in [3.05, 3.63) is 34.6 Å². The average Bonchev–Trinajstić information content (AvgIpc) is 2.21. The fourth-order valence-electron chi connectivity index (χ4n) is 1.25. The highest BCUT2D eigenvalue weighted by Gasteiger charge is 2.11. The number of ketones is 1. The molecule has 15 heavy (non-hydrogen) atoms. The number of hydrogen-bond donors (Lipinski definition) is 0. The number of alkyl halides is 1. The lowest BCUT2D eigenvalue weighted by atomic mass is 10.1. The van der Waals surface area contributed by atoms with Gasteiger partial charge in [0.15, 0.2) is 0 Å². The molecule has 0 radical (unpaired) electrons. The molecule has 1 aromatic rings. The van der Waals surface area contributed by atoms with Gasteiger partial charge < -0.3 is 0 Å². The lowest BCUT2D eigenvalue weighted by Crippen LogP contribution is -2.05. The summed E-state index contributed by atoms with van der Waals surface area (Å²) in [5.41, 5.74) is 0.277. The smallest absolute Gasteiger partial charge is 0.137 e. The minimum Gasteiger partial charge on any atom is -0.299 e. The molecule has 0 fully saturated rings. The van der Waals surface area contributed by atoms with Gasteiger partial charge in [-0.1, -0.05) is 17.7 Å². The van der Waals surface area contributed by atoms with Gasteiger partial charge >= 0.3 is 0 Å². The second kappa shape index (κ2) is 6.09. The molecule has 0 amide bonds. The Bertz CT molecular complexity index is 332. The quantitative estimate of drug-likeness (QED) is 0.728. The van der Waals surface area contributed by atoms with Crippen LogP contribution in [-0.4, -0.2) is 11.7 Å². The monoisotopic (exact) mass is 248 g/mol. The van der Waals surface area contributed by atoms with E-state index in [0.29, 0.717) is 23.7 Å². The minimum atomic E-state index is -0.429. The van der Waals surface area contributed by atoms with Gasteiger partial charge in [-0.25, -0.2) is 4.39 Å². The van der Waals surface area contributed by atoms with Gasteiger partial charge in [0.05, 0.1) is 0 Å². The molecule has 0 aliphatic rings. The van der Waals surface area contributed by atoms with Gasteiger partial charge in [-0.15, -0.1) is 11.6 Å². The van der Waals surface area contributed by atoms with Crippen LogP contribution < -0.4 is 0 Å². The molecular weight excluding hydrogens is 238 g/mol. The molecule has 0 aliphatic carbocycles. The summed E-state index contributed by atoms with van der Waals surface area (Å²) in [5.74, 6) is -0.0270. The minimum absolute atomic E-state index is 0.0392. The number of rotatable bonds is 5. The molecule has 0 atom stereocenters. The van der Waals surface area contributed by atoms with E-state index < -0.39 is 5.82 Å². The molecule has 0 bridgehead atoms. The van der Waals surface area contributed by atoms with Crippen LogP contribution in [0, 0.1) is 5.82 Å². The van der Waals surface area contributed by atoms with Crippen LogP contribution in [0.4, 0.5) is 4.39 Å². The number of hydrogen-bond acceptors (Lipinski definition) is 1. The number of benzene rings is 1. The summed E-state index contributed by atoms with van der Waals surface area (Å²) in [6.07, 6.45) is 1.03. The first-order chi connectivity index (χ1) is 7.15. The fourth-order valence-corrected chi connectivity index (χ4v) is 1.61. The van der Waals surface area contributed by atoms with E-state index in [1.54, 1.807) is 6.07 Å². The standard InChI is InChI=1S/C11H11Cl2FO/c12-6-2-3-8(15)7-9-10(13)4-1-5-11(9)14/h1,4-5H,2-3,6-7H2. The van der Waals surface area contributed by atoms with Crippen LogP contribution in [0.15, 0.2) is 18.2 Å². The van der Waals surface area contributed by atoms with Crippen LogP contribution >= 0.6 is 23.2 Å². The molecule has 0 saturated carbocycles. The van der Waals surface area contributed by atoms with E-state index >= 15 is 0 Å². The van der Waals surface area contributed by atoms with Crippen molar-refractivity contribution >= 4 is 29.0 Å². The summed E-state index contributed by atoms with van der Waals surface area (Å²) >= 11 is 11.2. The Kier molecular flexibility index (Phi) is 5.06. The highest BCUT2D eigenvalue weighted by molar-refractivity contribution is 6.31. The van der Waals surface area contributed by atoms with E-state index in [2.05, 4.69) is 0 Å². The maximum atomic E-state index is 13.3. The zero-order valence-electron chi connectivity index (χ0n) is 8.10. The van der Waals surface area contributed by atoms with Crippen molar-refractivity contribution in [3.8, 4) is 0 Å². The normalized spacial score (nSPS) is 10.3. The number of Topliss-reactive ketones (excluding diaryl/α,β-unsaturated/α-hetero) is 1. The summed E-state index contributed by atoms with van der Waals surface area (Å²) in [6, 6.07) is 4.40. The Labute approximate surface area is 98.2 Å². The molecule has 4 heteroatoms. The van der Waals surface area contributed by atoms with E-state index in [0.717, 1.165) is 0 Å². The lowest BCUT2D eigenvalue weighted by Gasteiger charge is -2.04. The van der Waals surface area contributed by atoms with Crippen LogP contribution in [0.1, 0.15) is 18.4 Å². The van der Waals surface area contributed by atoms with Crippen molar-refractivity contribution in [1.29, 1.82) is 0 Å². The molecule has 1 nitrogen and oxygen atoms in total. The Morgan fingerprint density at radius 2 is 2.13 bits per heavy atom. The van der Waals surface area contributed by atoms with Crippen molar-refractivity contribution < 1.29 is 9.18 Å². The molecule has 0 unspecified atom stereocenters. The average molecular weight is 249 g/mol. The van der Waals surface area contributed by atoms with Gasteiger partial charge in [-0.2, -0.15) is 0 Å². The van der Waals surface area contributed by atoms with E-state index in [4.69, 9.17) is 23.2 Å². The summed E-state index contributed by atoms with van der Waals surface area (Å²) < 4.78 is 13.3. The van der Waals surface area contributed by atoms with Crippen molar-refractivity contribution in [2.75, 3.05) is 5.88 Å². The van der Waals surface area contributed by atoms with Gasteiger partial charge in [0.1, 0.15) is 11.6 Å². The van der Waals surface area contributed by atoms with Gasteiger partial charge in [0, 0.05) is 29.3 Å². The topological polar surface area (TPSA) is 17.1 Å². The van der Waals surface area contributed by atoms with E-state index in [-0.39, 0.29) is 17.8 Å². The maximum Gasteiger partial charge on any atom is 0.137 e. The molecule has 1 rings (SSSR count). The van der Waals surface area contributed by atoms with Crippen molar-refractivity contribution in [2.24, 2.45) is 0 Å². The van der Waals surface area contributed by atoms with E-state index in [1.807, 2.05) is 0 Å². The zero-order valence-corrected chi connectivity index (χ0v) is 9.61. The van der Waals surface area contributed by atoms with Crippen molar-refractivity contribution in [2.45, 2.75) is 19.3 Å². The molecular formula is C11H11Cl2FO. The molecule has 0 spiro atoms. The van der Waals surface area contributed by atoms with Crippen LogP contribution in [0.3, 0.4) is 0 Å². The largest absolute Gasteiger partial charge is 0.299 e. The number of halogens is 3. The third-order valence-corrected chi connectivity index (χ3v) is 2.65. The van der Waals surface area contributed by atoms with Crippen molar-refractivity contribution in [3.63, 3.8) is 0 Å². The first-order valence-electron chi connectivity index (χ1n) is 4.65. The summed E-state index contributed by atoms with van der Waals surface area (Å²) in [4.78, 5) is 11.4. The second-order valence-corrected chi connectivity index (χ2v) is 3.99. The van der Waals surface area contributed by atoms with Crippen LogP contribution in [0.5, 0.6) is 0 Å². The van der Waals surface area contributed by atoms with Gasteiger partial charge in [0.2, 0.25) is 0 Å². The van der Waals surface area contributed by atoms with Gasteiger partial charge in [-0.3, -0.25) is 4.79 Å². The predicted octanol–water partition coefficient (Wildman–Crippen LogP) is 3.61.